The summed E-state index contributed by atoms with van der Waals surface area (Å²) in [6.45, 7) is 3.26. The Morgan fingerprint density at radius 1 is 1.23 bits per heavy atom. The van der Waals surface area contributed by atoms with Gasteiger partial charge in [0.2, 0.25) is 0 Å². The van der Waals surface area contributed by atoms with Gasteiger partial charge in [-0.3, -0.25) is 4.79 Å². The lowest BCUT2D eigenvalue weighted by atomic mass is 10.1. The van der Waals surface area contributed by atoms with Crippen LogP contribution in [-0.4, -0.2) is 30.5 Å². The minimum absolute atomic E-state index is 0.0339. The number of ether oxygens (including phenoxy) is 1. The second-order valence-corrected chi connectivity index (χ2v) is 5.50. The molecule has 0 spiro atoms. The largest absolute Gasteiger partial charge is 0.370 e. The van der Waals surface area contributed by atoms with E-state index in [1.807, 2.05) is 31.2 Å². The van der Waals surface area contributed by atoms with Gasteiger partial charge in [-0.1, -0.05) is 35.9 Å². The number of carbonyl (C=O) groups excluding carboxylic acids is 1. The van der Waals surface area contributed by atoms with Crippen LogP contribution in [0.15, 0.2) is 48.5 Å². The fourth-order valence-corrected chi connectivity index (χ4v) is 2.72. The molecule has 1 heterocycles. The summed E-state index contributed by atoms with van der Waals surface area (Å²) in [5.74, 6) is -0.328. The lowest BCUT2D eigenvalue weighted by Crippen LogP contribution is -2.42. The number of morpholine rings is 1. The second-order valence-electron chi connectivity index (χ2n) is 5.50. The van der Waals surface area contributed by atoms with Crippen molar-refractivity contribution in [3.63, 3.8) is 0 Å². The highest BCUT2D eigenvalue weighted by molar-refractivity contribution is 5.94. The third-order valence-electron chi connectivity index (χ3n) is 3.87. The van der Waals surface area contributed by atoms with Crippen molar-refractivity contribution in [2.45, 2.75) is 13.0 Å². The van der Waals surface area contributed by atoms with Crippen LogP contribution in [0.2, 0.25) is 0 Å². The second kappa shape index (κ2) is 6.28. The van der Waals surface area contributed by atoms with Gasteiger partial charge < -0.3 is 9.64 Å². The van der Waals surface area contributed by atoms with Crippen molar-refractivity contribution in [1.29, 1.82) is 0 Å². The monoisotopic (exact) mass is 299 g/mol. The maximum Gasteiger partial charge on any atom is 0.254 e. The lowest BCUT2D eigenvalue weighted by Gasteiger charge is -2.33. The SMILES string of the molecule is Cc1cccc(C(=O)N2CCOC(c3ccccc3F)C2)c1. The maximum absolute atomic E-state index is 13.9. The molecule has 0 radical (unpaired) electrons. The molecule has 1 fully saturated rings. The van der Waals surface area contributed by atoms with Crippen molar-refractivity contribution in [1.82, 2.24) is 4.90 Å². The lowest BCUT2D eigenvalue weighted by molar-refractivity contribution is -0.0243. The Hall–Kier alpha value is -2.20. The van der Waals surface area contributed by atoms with Crippen molar-refractivity contribution in [3.8, 4) is 0 Å². The zero-order valence-electron chi connectivity index (χ0n) is 12.5. The van der Waals surface area contributed by atoms with Crippen LogP contribution in [0, 0.1) is 12.7 Å². The summed E-state index contributed by atoms with van der Waals surface area (Å²) >= 11 is 0. The molecule has 0 bridgehead atoms. The first kappa shape index (κ1) is 14.7. The molecule has 2 aromatic carbocycles. The van der Waals surface area contributed by atoms with Gasteiger partial charge in [0.25, 0.3) is 5.91 Å². The zero-order valence-corrected chi connectivity index (χ0v) is 12.5. The normalized spacial score (nSPS) is 18.3. The van der Waals surface area contributed by atoms with Gasteiger partial charge >= 0.3 is 0 Å². The van der Waals surface area contributed by atoms with E-state index < -0.39 is 6.10 Å². The minimum atomic E-state index is -0.413. The van der Waals surface area contributed by atoms with E-state index in [1.165, 1.54) is 6.07 Å². The Balaban J connectivity index is 1.78. The van der Waals surface area contributed by atoms with Gasteiger partial charge in [-0.05, 0) is 25.1 Å². The highest BCUT2D eigenvalue weighted by atomic mass is 19.1. The summed E-state index contributed by atoms with van der Waals surface area (Å²) in [7, 11) is 0. The molecule has 0 saturated carbocycles. The molecule has 22 heavy (non-hydrogen) atoms. The molecule has 2 aromatic rings. The molecule has 0 N–H and O–H groups in total. The molecule has 114 valence electrons. The molecule has 4 heteroatoms. The number of amides is 1. The van der Waals surface area contributed by atoms with Gasteiger partial charge in [0, 0.05) is 17.7 Å². The number of carbonyl (C=O) groups is 1. The van der Waals surface area contributed by atoms with E-state index >= 15 is 0 Å². The molecule has 1 aliphatic heterocycles. The van der Waals surface area contributed by atoms with Crippen LogP contribution in [0.1, 0.15) is 27.6 Å². The van der Waals surface area contributed by atoms with Crippen molar-refractivity contribution in [2.75, 3.05) is 19.7 Å². The standard InChI is InChI=1S/C18H18FNO2/c1-13-5-4-6-14(11-13)18(21)20-9-10-22-17(12-20)15-7-2-3-8-16(15)19/h2-8,11,17H,9-10,12H2,1H3. The van der Waals surface area contributed by atoms with Crippen LogP contribution in [0.25, 0.3) is 0 Å². The molecule has 1 saturated heterocycles. The first-order valence-corrected chi connectivity index (χ1v) is 7.37. The number of benzene rings is 2. The number of hydrogen-bond donors (Lipinski definition) is 0. The molecule has 0 aliphatic carbocycles. The highest BCUT2D eigenvalue weighted by Crippen LogP contribution is 2.25. The average Bonchev–Trinajstić information content (AvgIpc) is 2.55. The van der Waals surface area contributed by atoms with Crippen molar-refractivity contribution in [2.24, 2.45) is 0 Å². The van der Waals surface area contributed by atoms with Gasteiger partial charge in [0.05, 0.1) is 13.2 Å². The Labute approximate surface area is 129 Å². The van der Waals surface area contributed by atoms with Crippen LogP contribution in [-0.2, 0) is 4.74 Å². The third kappa shape index (κ3) is 3.02. The Morgan fingerprint density at radius 3 is 2.82 bits per heavy atom. The molecule has 1 amide bonds. The van der Waals surface area contributed by atoms with Gasteiger partial charge in [-0.15, -0.1) is 0 Å². The predicted octanol–water partition coefficient (Wildman–Crippen LogP) is 3.35. The van der Waals surface area contributed by atoms with E-state index in [4.69, 9.17) is 4.74 Å². The number of aryl methyl sites for hydroxylation is 1. The van der Waals surface area contributed by atoms with E-state index in [0.717, 1.165) is 5.56 Å². The number of nitrogens with zero attached hydrogens (tertiary/aromatic N) is 1. The molecular formula is C18H18FNO2. The smallest absolute Gasteiger partial charge is 0.254 e. The molecule has 1 unspecified atom stereocenters. The quantitative estimate of drug-likeness (QED) is 0.851. The average molecular weight is 299 g/mol. The molecule has 0 aromatic heterocycles. The summed E-state index contributed by atoms with van der Waals surface area (Å²) in [4.78, 5) is 14.3. The third-order valence-corrected chi connectivity index (χ3v) is 3.87. The van der Waals surface area contributed by atoms with Crippen molar-refractivity contribution in [3.05, 3.63) is 71.0 Å². The van der Waals surface area contributed by atoms with Crippen molar-refractivity contribution < 1.29 is 13.9 Å². The van der Waals surface area contributed by atoms with Gasteiger partial charge in [0.15, 0.2) is 0 Å². The van der Waals surface area contributed by atoms with Crippen LogP contribution < -0.4 is 0 Å². The summed E-state index contributed by atoms with van der Waals surface area (Å²) in [5, 5.41) is 0. The highest BCUT2D eigenvalue weighted by Gasteiger charge is 2.27. The number of rotatable bonds is 2. The summed E-state index contributed by atoms with van der Waals surface area (Å²) in [6.07, 6.45) is -0.413. The fraction of sp³-hybridized carbons (Fsp3) is 0.278. The predicted molar refractivity (Wildman–Crippen MR) is 82.2 cm³/mol. The molecule has 1 atom stereocenters. The summed E-state index contributed by atoms with van der Waals surface area (Å²) < 4.78 is 19.5. The summed E-state index contributed by atoms with van der Waals surface area (Å²) in [5.41, 5.74) is 2.21. The first-order chi connectivity index (χ1) is 10.6. The van der Waals surface area contributed by atoms with Crippen LogP contribution >= 0.6 is 0 Å². The maximum atomic E-state index is 13.9. The summed E-state index contributed by atoms with van der Waals surface area (Å²) in [6, 6.07) is 14.1. The van der Waals surface area contributed by atoms with Gasteiger partial charge in [0.1, 0.15) is 11.9 Å². The van der Waals surface area contributed by atoms with E-state index in [2.05, 4.69) is 0 Å². The Morgan fingerprint density at radius 2 is 2.05 bits per heavy atom. The number of hydrogen-bond acceptors (Lipinski definition) is 2. The van der Waals surface area contributed by atoms with Crippen LogP contribution in [0.4, 0.5) is 4.39 Å². The fourth-order valence-electron chi connectivity index (χ4n) is 2.72. The van der Waals surface area contributed by atoms with E-state index in [9.17, 15) is 9.18 Å². The molecular weight excluding hydrogens is 281 g/mol. The van der Waals surface area contributed by atoms with Crippen LogP contribution in [0.3, 0.4) is 0 Å². The van der Waals surface area contributed by atoms with Crippen LogP contribution in [0.5, 0.6) is 0 Å². The van der Waals surface area contributed by atoms with Gasteiger partial charge in [-0.25, -0.2) is 4.39 Å². The van der Waals surface area contributed by atoms with E-state index in [1.54, 1.807) is 23.1 Å². The van der Waals surface area contributed by atoms with Gasteiger partial charge in [-0.2, -0.15) is 0 Å². The van der Waals surface area contributed by atoms with Crippen molar-refractivity contribution >= 4 is 5.91 Å². The number of halogens is 1. The molecule has 3 nitrogen and oxygen atoms in total. The Kier molecular flexibility index (Phi) is 4.20. The van der Waals surface area contributed by atoms with E-state index in [0.29, 0.717) is 30.8 Å². The molecule has 3 rings (SSSR count). The Bertz CT molecular complexity index is 686. The minimum Gasteiger partial charge on any atom is -0.370 e. The van der Waals surface area contributed by atoms with E-state index in [-0.39, 0.29) is 11.7 Å². The molecule has 1 aliphatic rings. The first-order valence-electron chi connectivity index (χ1n) is 7.37. The topological polar surface area (TPSA) is 29.5 Å². The zero-order chi connectivity index (χ0) is 15.5.